The summed E-state index contributed by atoms with van der Waals surface area (Å²) in [6.07, 6.45) is 1.05. The molecule has 3 atom stereocenters. The van der Waals surface area contributed by atoms with Crippen molar-refractivity contribution in [3.63, 3.8) is 0 Å². The van der Waals surface area contributed by atoms with Gasteiger partial charge in [-0.1, -0.05) is 44.2 Å². The van der Waals surface area contributed by atoms with Crippen LogP contribution >= 0.6 is 0 Å². The number of fused-ring (bicyclic) bond motifs is 2. The van der Waals surface area contributed by atoms with Crippen LogP contribution in [-0.4, -0.2) is 36.4 Å². The van der Waals surface area contributed by atoms with Gasteiger partial charge in [-0.25, -0.2) is 4.99 Å². The number of ketones is 1. The molecule has 1 fully saturated rings. The summed E-state index contributed by atoms with van der Waals surface area (Å²) in [5.41, 5.74) is -1.98. The van der Waals surface area contributed by atoms with Crippen LogP contribution in [0, 0.1) is 10.8 Å². The minimum Gasteiger partial charge on any atom is -0.465 e. The fourth-order valence-electron chi connectivity index (χ4n) is 4.25. The number of carbonyl (C=O) groups excluding carboxylic acids is 2. The van der Waals surface area contributed by atoms with Crippen molar-refractivity contribution in [1.29, 1.82) is 0 Å². The first-order chi connectivity index (χ1) is 11.9. The van der Waals surface area contributed by atoms with E-state index in [4.69, 9.17) is 14.5 Å². The predicted octanol–water partition coefficient (Wildman–Crippen LogP) is 3.16. The Morgan fingerprint density at radius 2 is 1.84 bits per heavy atom. The van der Waals surface area contributed by atoms with Crippen molar-refractivity contribution in [2.24, 2.45) is 15.8 Å². The van der Waals surface area contributed by atoms with Crippen LogP contribution in [0.1, 0.15) is 46.1 Å². The van der Waals surface area contributed by atoms with Gasteiger partial charge in [0.2, 0.25) is 11.5 Å². The van der Waals surface area contributed by atoms with E-state index in [1.54, 1.807) is 6.92 Å². The van der Waals surface area contributed by atoms with Gasteiger partial charge in [0.1, 0.15) is 0 Å². The zero-order valence-corrected chi connectivity index (χ0v) is 15.3. The Labute approximate surface area is 148 Å². The topological polar surface area (TPSA) is 65.0 Å². The lowest BCUT2D eigenvalue weighted by molar-refractivity contribution is -0.159. The smallest absolute Gasteiger partial charge is 0.326 e. The molecule has 0 N–H and O–H groups in total. The molecule has 3 rings (SSSR count). The van der Waals surface area contributed by atoms with Gasteiger partial charge in [0, 0.05) is 12.0 Å². The first-order valence-corrected chi connectivity index (χ1v) is 8.93. The van der Waals surface area contributed by atoms with E-state index < -0.39 is 22.5 Å². The van der Waals surface area contributed by atoms with E-state index in [0.29, 0.717) is 25.2 Å². The van der Waals surface area contributed by atoms with Gasteiger partial charge in [-0.15, -0.1) is 0 Å². The molecule has 0 radical (unpaired) electrons. The zero-order valence-electron chi connectivity index (χ0n) is 15.3. The average molecular weight is 343 g/mol. The van der Waals surface area contributed by atoms with E-state index in [2.05, 4.69) is 0 Å². The lowest BCUT2D eigenvalue weighted by Crippen LogP contribution is -2.47. The molecule has 0 aromatic heterocycles. The number of rotatable bonds is 6. The van der Waals surface area contributed by atoms with E-state index in [1.807, 2.05) is 51.1 Å². The van der Waals surface area contributed by atoms with Gasteiger partial charge >= 0.3 is 5.97 Å². The van der Waals surface area contributed by atoms with Crippen LogP contribution in [0.25, 0.3) is 0 Å². The van der Waals surface area contributed by atoms with E-state index in [9.17, 15) is 9.59 Å². The van der Waals surface area contributed by atoms with Crippen molar-refractivity contribution in [1.82, 2.24) is 0 Å². The summed E-state index contributed by atoms with van der Waals surface area (Å²) in [4.78, 5) is 31.3. The van der Waals surface area contributed by atoms with E-state index in [-0.39, 0.29) is 12.4 Å². The predicted molar refractivity (Wildman–Crippen MR) is 94.4 cm³/mol. The molecule has 0 amide bonds. The summed E-state index contributed by atoms with van der Waals surface area (Å²) in [7, 11) is 0. The van der Waals surface area contributed by atoms with Crippen LogP contribution < -0.4 is 0 Å². The maximum absolute atomic E-state index is 13.5. The van der Waals surface area contributed by atoms with E-state index >= 15 is 0 Å². The van der Waals surface area contributed by atoms with Gasteiger partial charge in [0.05, 0.1) is 12.3 Å². The lowest BCUT2D eigenvalue weighted by Gasteiger charge is -2.39. The van der Waals surface area contributed by atoms with Gasteiger partial charge in [-0.2, -0.15) is 0 Å². The average Bonchev–Trinajstić information content (AvgIpc) is 2.98. The maximum atomic E-state index is 13.5. The molecule has 1 aromatic rings. The second-order valence-electron chi connectivity index (χ2n) is 6.95. The van der Waals surface area contributed by atoms with Gasteiger partial charge in [-0.3, -0.25) is 9.59 Å². The minimum atomic E-state index is -1.38. The third-order valence-corrected chi connectivity index (χ3v) is 5.65. The summed E-state index contributed by atoms with van der Waals surface area (Å²) in [6.45, 7) is 8.15. The van der Waals surface area contributed by atoms with Crippen molar-refractivity contribution < 1.29 is 19.1 Å². The SMILES string of the molecule is CCOC(=O)[C@]12CC(C)(CC)[C@](OCC)(N=C1c1ccccc1)C2=O. The Bertz CT molecular complexity index is 728. The molecule has 1 saturated carbocycles. The number of carbonyl (C=O) groups is 2. The molecule has 2 bridgehead atoms. The molecule has 5 heteroatoms. The van der Waals surface area contributed by atoms with Crippen molar-refractivity contribution in [3.05, 3.63) is 35.9 Å². The van der Waals surface area contributed by atoms with Crippen LogP contribution in [0.2, 0.25) is 0 Å². The lowest BCUT2D eigenvalue weighted by atomic mass is 9.71. The highest BCUT2D eigenvalue weighted by Gasteiger charge is 2.78. The molecule has 1 heterocycles. The molecular formula is C20H25NO4. The third-order valence-electron chi connectivity index (χ3n) is 5.65. The Balaban J connectivity index is 2.25. The molecule has 0 saturated heterocycles. The van der Waals surface area contributed by atoms with E-state index in [1.165, 1.54) is 0 Å². The van der Waals surface area contributed by atoms with Crippen LogP contribution in [-0.2, 0) is 19.1 Å². The first-order valence-electron chi connectivity index (χ1n) is 8.93. The van der Waals surface area contributed by atoms with Crippen LogP contribution in [0.15, 0.2) is 35.3 Å². The number of hydrogen-bond donors (Lipinski definition) is 0. The second kappa shape index (κ2) is 6.06. The standard InChI is InChI=1S/C20H25NO4/c1-5-18(4)13-19(17(23)24-6-2)15(14-11-9-8-10-12-14)21-20(18,16(19)22)25-7-3/h8-12H,5-7,13H2,1-4H3/t18?,19-,20+/m1/s1. The zero-order chi connectivity index (χ0) is 18.3. The first kappa shape index (κ1) is 17.8. The molecule has 1 aliphatic carbocycles. The highest BCUT2D eigenvalue weighted by molar-refractivity contribution is 6.35. The van der Waals surface area contributed by atoms with E-state index in [0.717, 1.165) is 5.56 Å². The van der Waals surface area contributed by atoms with Gasteiger partial charge in [-0.05, 0) is 32.3 Å². The van der Waals surface area contributed by atoms with Gasteiger partial charge in [0.15, 0.2) is 5.41 Å². The molecule has 1 aromatic carbocycles. The Morgan fingerprint density at radius 3 is 2.40 bits per heavy atom. The van der Waals surface area contributed by atoms with Crippen LogP contribution in [0.5, 0.6) is 0 Å². The minimum absolute atomic E-state index is 0.223. The largest absolute Gasteiger partial charge is 0.465 e. The highest BCUT2D eigenvalue weighted by atomic mass is 16.5. The number of nitrogens with zero attached hydrogens (tertiary/aromatic N) is 1. The second-order valence-corrected chi connectivity index (χ2v) is 6.95. The Kier molecular flexibility index (Phi) is 4.31. The van der Waals surface area contributed by atoms with Gasteiger partial charge < -0.3 is 9.47 Å². The van der Waals surface area contributed by atoms with Crippen molar-refractivity contribution in [2.45, 2.75) is 46.3 Å². The molecule has 5 nitrogen and oxygen atoms in total. The number of ether oxygens (including phenoxy) is 2. The molecule has 1 unspecified atom stereocenters. The van der Waals surface area contributed by atoms with Crippen molar-refractivity contribution in [3.8, 4) is 0 Å². The third kappa shape index (κ3) is 2.15. The molecule has 2 aliphatic rings. The number of esters is 1. The fraction of sp³-hybridized carbons (Fsp3) is 0.550. The Morgan fingerprint density at radius 1 is 1.16 bits per heavy atom. The molecule has 134 valence electrons. The fourth-order valence-corrected chi connectivity index (χ4v) is 4.25. The summed E-state index contributed by atoms with van der Waals surface area (Å²) in [6, 6.07) is 9.39. The van der Waals surface area contributed by atoms with Crippen LogP contribution in [0.4, 0.5) is 0 Å². The van der Waals surface area contributed by atoms with Crippen molar-refractivity contribution >= 4 is 17.5 Å². The quantitative estimate of drug-likeness (QED) is 0.588. The monoisotopic (exact) mass is 343 g/mol. The summed E-state index contributed by atoms with van der Waals surface area (Å²) < 4.78 is 11.3. The summed E-state index contributed by atoms with van der Waals surface area (Å²) >= 11 is 0. The summed E-state index contributed by atoms with van der Waals surface area (Å²) in [5.74, 6) is -0.787. The number of hydrogen-bond acceptors (Lipinski definition) is 5. The normalized spacial score (nSPS) is 33.4. The van der Waals surface area contributed by atoms with Gasteiger partial charge in [0.25, 0.3) is 0 Å². The summed E-state index contributed by atoms with van der Waals surface area (Å²) in [5, 5.41) is 0. The highest BCUT2D eigenvalue weighted by Crippen LogP contribution is 2.63. The molecule has 0 spiro atoms. The Hall–Kier alpha value is -2.01. The maximum Gasteiger partial charge on any atom is 0.326 e. The molecular weight excluding hydrogens is 318 g/mol. The van der Waals surface area contributed by atoms with Crippen molar-refractivity contribution in [2.75, 3.05) is 13.2 Å². The number of Topliss-reactive ketones (excluding diaryl/α,β-unsaturated/α-hetero) is 1. The number of benzene rings is 1. The van der Waals surface area contributed by atoms with Crippen LogP contribution in [0.3, 0.4) is 0 Å². The molecule has 1 aliphatic heterocycles. The molecule has 25 heavy (non-hydrogen) atoms. The number of aliphatic imine (C=N–C) groups is 1.